The maximum Gasteiger partial charge on any atom is 0.297 e. The van der Waals surface area contributed by atoms with E-state index in [1.807, 2.05) is 37.3 Å². The number of carbonyl (C=O) groups excluding carboxylic acids is 1. The number of nitrogens with zero attached hydrogens (tertiary/aromatic N) is 3. The lowest BCUT2D eigenvalue weighted by atomic mass is 9.98. The fourth-order valence-electron chi connectivity index (χ4n) is 3.80. The number of aromatic nitrogens is 2. The van der Waals surface area contributed by atoms with E-state index < -0.39 is 11.9 Å². The molecule has 0 radical (unpaired) electrons. The molecule has 0 saturated heterocycles. The Morgan fingerprint density at radius 1 is 1.26 bits per heavy atom. The van der Waals surface area contributed by atoms with Gasteiger partial charge >= 0.3 is 0 Å². The van der Waals surface area contributed by atoms with Gasteiger partial charge in [0, 0.05) is 0 Å². The van der Waals surface area contributed by atoms with Crippen molar-refractivity contribution in [1.29, 1.82) is 0 Å². The molecule has 2 aromatic heterocycles. The van der Waals surface area contributed by atoms with Crippen LogP contribution >= 0.6 is 11.3 Å². The Hall–Kier alpha value is -3.78. The molecule has 4 aromatic rings. The number of carbonyl (C=O) groups is 1. The van der Waals surface area contributed by atoms with E-state index in [1.165, 1.54) is 16.2 Å². The van der Waals surface area contributed by atoms with Gasteiger partial charge in [0.25, 0.3) is 5.91 Å². The average molecular weight is 431 g/mol. The monoisotopic (exact) mass is 431 g/mol. The number of amides is 1. The predicted molar refractivity (Wildman–Crippen MR) is 118 cm³/mol. The van der Waals surface area contributed by atoms with Crippen molar-refractivity contribution in [2.24, 2.45) is 0 Å². The summed E-state index contributed by atoms with van der Waals surface area (Å²) in [7, 11) is 0. The SMILES string of the molecule is C=CCOc1cccc([C@H]2c3c(oc4ccc(C)cc4c3=O)C(=O)N2c2nncs2)c1. The van der Waals surface area contributed by atoms with Gasteiger partial charge in [-0.15, -0.1) is 10.2 Å². The Balaban J connectivity index is 1.76. The molecule has 0 N–H and O–H groups in total. The van der Waals surface area contributed by atoms with E-state index in [2.05, 4.69) is 16.8 Å². The van der Waals surface area contributed by atoms with E-state index in [0.29, 0.717) is 39.6 Å². The van der Waals surface area contributed by atoms with Crippen LogP contribution in [0.5, 0.6) is 5.75 Å². The second-order valence-electron chi connectivity index (χ2n) is 7.14. The van der Waals surface area contributed by atoms with Crippen LogP contribution in [0.1, 0.15) is 33.3 Å². The summed E-state index contributed by atoms with van der Waals surface area (Å²) in [5.74, 6) is 0.212. The second-order valence-corrected chi connectivity index (χ2v) is 7.96. The molecule has 0 fully saturated rings. The van der Waals surface area contributed by atoms with Gasteiger partial charge in [-0.2, -0.15) is 0 Å². The molecule has 0 bridgehead atoms. The van der Waals surface area contributed by atoms with Crippen LogP contribution in [0.15, 0.2) is 69.8 Å². The Bertz CT molecular complexity index is 1380. The van der Waals surface area contributed by atoms with Gasteiger partial charge in [-0.25, -0.2) is 0 Å². The minimum atomic E-state index is -0.705. The summed E-state index contributed by atoms with van der Waals surface area (Å²) in [5.41, 5.74) is 3.62. The lowest BCUT2D eigenvalue weighted by molar-refractivity contribution is 0.0970. The molecule has 1 atom stereocenters. The largest absolute Gasteiger partial charge is 0.490 e. The van der Waals surface area contributed by atoms with Crippen LogP contribution in [0.4, 0.5) is 5.13 Å². The van der Waals surface area contributed by atoms with Crippen molar-refractivity contribution in [1.82, 2.24) is 10.2 Å². The molecule has 7 nitrogen and oxygen atoms in total. The number of ether oxygens (including phenoxy) is 1. The molecule has 0 spiro atoms. The number of aryl methyl sites for hydroxylation is 1. The highest BCUT2D eigenvalue weighted by atomic mass is 32.1. The van der Waals surface area contributed by atoms with Crippen molar-refractivity contribution in [3.63, 3.8) is 0 Å². The maximum atomic E-state index is 13.6. The number of hydrogen-bond acceptors (Lipinski definition) is 7. The Morgan fingerprint density at radius 2 is 2.13 bits per heavy atom. The molecule has 31 heavy (non-hydrogen) atoms. The Morgan fingerprint density at radius 3 is 2.90 bits per heavy atom. The Labute approximate surface area is 181 Å². The maximum absolute atomic E-state index is 13.6. The number of hydrogen-bond donors (Lipinski definition) is 0. The van der Waals surface area contributed by atoms with Crippen molar-refractivity contribution < 1.29 is 13.9 Å². The number of rotatable bonds is 5. The lowest BCUT2D eigenvalue weighted by Gasteiger charge is -2.22. The number of fused-ring (bicyclic) bond motifs is 2. The van der Waals surface area contributed by atoms with Crippen LogP contribution in [-0.2, 0) is 0 Å². The van der Waals surface area contributed by atoms with Crippen molar-refractivity contribution in [3.8, 4) is 5.75 Å². The normalized spacial score (nSPS) is 15.3. The molecule has 0 saturated carbocycles. The summed E-state index contributed by atoms with van der Waals surface area (Å²) in [6.45, 7) is 5.91. The van der Waals surface area contributed by atoms with Crippen LogP contribution in [0.2, 0.25) is 0 Å². The third-order valence-corrected chi connectivity index (χ3v) is 5.81. The van der Waals surface area contributed by atoms with Gasteiger partial charge < -0.3 is 9.15 Å². The number of benzene rings is 2. The van der Waals surface area contributed by atoms with Gasteiger partial charge in [0.1, 0.15) is 23.4 Å². The molecule has 1 amide bonds. The first-order valence-electron chi connectivity index (χ1n) is 9.59. The minimum Gasteiger partial charge on any atom is -0.490 e. The summed E-state index contributed by atoms with van der Waals surface area (Å²) >= 11 is 1.22. The van der Waals surface area contributed by atoms with Crippen LogP contribution in [-0.4, -0.2) is 22.7 Å². The molecule has 1 aliphatic heterocycles. The average Bonchev–Trinajstić information content (AvgIpc) is 3.40. The van der Waals surface area contributed by atoms with Gasteiger partial charge in [0.05, 0.1) is 17.0 Å². The predicted octanol–water partition coefficient (Wildman–Crippen LogP) is 4.27. The topological polar surface area (TPSA) is 85.5 Å². The van der Waals surface area contributed by atoms with Gasteiger partial charge in [-0.1, -0.05) is 47.8 Å². The third kappa shape index (κ3) is 3.12. The second kappa shape index (κ2) is 7.48. The van der Waals surface area contributed by atoms with E-state index in [9.17, 15) is 9.59 Å². The van der Waals surface area contributed by atoms with Crippen LogP contribution in [0.25, 0.3) is 11.0 Å². The molecular weight excluding hydrogens is 414 g/mol. The lowest BCUT2D eigenvalue weighted by Crippen LogP contribution is -2.29. The zero-order valence-corrected chi connectivity index (χ0v) is 17.4. The smallest absolute Gasteiger partial charge is 0.297 e. The molecule has 154 valence electrons. The first-order valence-corrected chi connectivity index (χ1v) is 10.5. The molecule has 2 aromatic carbocycles. The standard InChI is InChI=1S/C23H17N3O4S/c1-3-9-29-15-6-4-5-14(11-15)19-18-20(27)16-10-13(2)7-8-17(16)30-21(18)22(28)26(19)23-25-24-12-31-23/h3-8,10-12,19H,1,9H2,2H3/t19-/m0/s1. The van der Waals surface area contributed by atoms with Crippen LogP contribution in [0, 0.1) is 6.92 Å². The Kier molecular flexibility index (Phi) is 4.63. The fraction of sp³-hybridized carbons (Fsp3) is 0.130. The summed E-state index contributed by atoms with van der Waals surface area (Å²) in [5, 5.41) is 8.77. The van der Waals surface area contributed by atoms with E-state index in [1.54, 1.807) is 23.7 Å². The van der Waals surface area contributed by atoms with Crippen LogP contribution < -0.4 is 15.1 Å². The zero-order valence-electron chi connectivity index (χ0n) is 16.6. The molecule has 0 aliphatic carbocycles. The third-order valence-electron chi connectivity index (χ3n) is 5.12. The quantitative estimate of drug-likeness (QED) is 0.439. The minimum absolute atomic E-state index is 0.0268. The van der Waals surface area contributed by atoms with Crippen molar-refractivity contribution in [2.45, 2.75) is 13.0 Å². The van der Waals surface area contributed by atoms with Gasteiger partial charge in [-0.3, -0.25) is 14.5 Å². The van der Waals surface area contributed by atoms with E-state index >= 15 is 0 Å². The summed E-state index contributed by atoms with van der Waals surface area (Å²) in [6, 6.07) is 11.9. The highest BCUT2D eigenvalue weighted by molar-refractivity contribution is 7.13. The highest BCUT2D eigenvalue weighted by Crippen LogP contribution is 2.42. The van der Waals surface area contributed by atoms with Gasteiger partial charge in [0.15, 0.2) is 5.43 Å². The van der Waals surface area contributed by atoms with Crippen molar-refractivity contribution in [3.05, 3.63) is 93.3 Å². The van der Waals surface area contributed by atoms with E-state index in [0.717, 1.165) is 5.56 Å². The van der Waals surface area contributed by atoms with Crippen molar-refractivity contribution in [2.75, 3.05) is 11.5 Å². The summed E-state index contributed by atoms with van der Waals surface area (Å²) in [4.78, 5) is 28.4. The molecule has 1 aliphatic rings. The summed E-state index contributed by atoms with van der Waals surface area (Å²) < 4.78 is 11.6. The molecular formula is C23H17N3O4S. The van der Waals surface area contributed by atoms with E-state index in [4.69, 9.17) is 9.15 Å². The first-order chi connectivity index (χ1) is 15.1. The van der Waals surface area contributed by atoms with Crippen LogP contribution in [0.3, 0.4) is 0 Å². The highest BCUT2D eigenvalue weighted by Gasteiger charge is 2.45. The fourth-order valence-corrected chi connectivity index (χ4v) is 4.39. The van der Waals surface area contributed by atoms with Gasteiger partial charge in [-0.05, 0) is 36.8 Å². The molecule has 3 heterocycles. The van der Waals surface area contributed by atoms with E-state index in [-0.39, 0.29) is 11.2 Å². The molecule has 8 heteroatoms. The zero-order chi connectivity index (χ0) is 21.5. The molecule has 5 rings (SSSR count). The summed E-state index contributed by atoms with van der Waals surface area (Å²) in [6.07, 6.45) is 1.65. The van der Waals surface area contributed by atoms with Crippen molar-refractivity contribution >= 4 is 33.3 Å². The van der Waals surface area contributed by atoms with Gasteiger partial charge in [0.2, 0.25) is 10.9 Å². The number of anilines is 1. The molecule has 0 unspecified atom stereocenters. The first kappa shape index (κ1) is 19.2.